The summed E-state index contributed by atoms with van der Waals surface area (Å²) in [4.78, 5) is 30.2. The highest BCUT2D eigenvalue weighted by Gasteiger charge is 2.38. The SMILES string of the molecule is COc1ccccc1CNC(=O)C=CC(Cc1c[nH]c2ccccc12)N(C)C(=O)c1cc(C(F)(F)F)cc(C(F)(F)F)c1. The highest BCUT2D eigenvalue weighted by molar-refractivity contribution is 5.95. The molecule has 2 amide bonds. The molecule has 43 heavy (non-hydrogen) atoms. The van der Waals surface area contributed by atoms with Crippen molar-refractivity contribution in [3.05, 3.63) is 113 Å². The first-order valence-electron chi connectivity index (χ1n) is 13.0. The first kappa shape index (κ1) is 31.2. The summed E-state index contributed by atoms with van der Waals surface area (Å²) in [7, 11) is 2.75. The van der Waals surface area contributed by atoms with Crippen molar-refractivity contribution in [3.63, 3.8) is 0 Å². The van der Waals surface area contributed by atoms with Gasteiger partial charge >= 0.3 is 12.4 Å². The molecule has 0 radical (unpaired) electrons. The smallest absolute Gasteiger partial charge is 0.416 e. The zero-order chi connectivity index (χ0) is 31.4. The van der Waals surface area contributed by atoms with Crippen LogP contribution in [0.5, 0.6) is 5.75 Å². The zero-order valence-electron chi connectivity index (χ0n) is 23.0. The van der Waals surface area contributed by atoms with Crippen molar-refractivity contribution in [3.8, 4) is 5.75 Å². The summed E-state index contributed by atoms with van der Waals surface area (Å²) in [6, 6.07) is 14.1. The van der Waals surface area contributed by atoms with Crippen molar-refractivity contribution in [2.75, 3.05) is 14.2 Å². The standard InChI is InChI=1S/C31H27F6N3O3/c1-40(29(42)20-13-22(30(32,33)34)16-23(14-20)31(35,36)37)24(15-21-18-38-26-9-5-4-8-25(21)26)11-12-28(41)39-17-19-7-3-6-10-27(19)43-2/h3-14,16,18,24,38H,15,17H2,1-2H3,(H,39,41). The summed E-state index contributed by atoms with van der Waals surface area (Å²) in [6.07, 6.45) is -5.87. The Bertz CT molecular complexity index is 1610. The quantitative estimate of drug-likeness (QED) is 0.164. The third-order valence-electron chi connectivity index (χ3n) is 6.87. The van der Waals surface area contributed by atoms with Gasteiger partial charge in [-0.3, -0.25) is 9.59 Å². The van der Waals surface area contributed by atoms with E-state index in [0.29, 0.717) is 23.4 Å². The van der Waals surface area contributed by atoms with Crippen molar-refractivity contribution < 1.29 is 40.7 Å². The van der Waals surface area contributed by atoms with Crippen LogP contribution >= 0.6 is 0 Å². The van der Waals surface area contributed by atoms with Gasteiger partial charge in [-0.1, -0.05) is 42.5 Å². The number of ether oxygens (including phenoxy) is 1. The fourth-order valence-electron chi connectivity index (χ4n) is 4.58. The van der Waals surface area contributed by atoms with E-state index in [0.717, 1.165) is 21.4 Å². The third kappa shape index (κ3) is 7.56. The Labute approximate surface area is 243 Å². The average molecular weight is 604 g/mol. The number of likely N-dealkylation sites (N-methyl/N-ethyl adjacent to an activating group) is 1. The maximum absolute atomic E-state index is 13.5. The van der Waals surface area contributed by atoms with Gasteiger partial charge in [0.25, 0.3) is 5.91 Å². The van der Waals surface area contributed by atoms with E-state index in [1.807, 2.05) is 18.2 Å². The van der Waals surface area contributed by atoms with Gasteiger partial charge in [0.2, 0.25) is 5.91 Å². The van der Waals surface area contributed by atoms with Gasteiger partial charge in [0.05, 0.1) is 24.3 Å². The molecule has 0 aliphatic carbocycles. The van der Waals surface area contributed by atoms with E-state index in [2.05, 4.69) is 10.3 Å². The van der Waals surface area contributed by atoms with Crippen LogP contribution in [0, 0.1) is 0 Å². The number of benzene rings is 3. The summed E-state index contributed by atoms with van der Waals surface area (Å²) in [5.74, 6) is -1.05. The van der Waals surface area contributed by atoms with Gasteiger partial charge in [-0.25, -0.2) is 0 Å². The molecule has 1 aromatic heterocycles. The van der Waals surface area contributed by atoms with E-state index in [9.17, 15) is 35.9 Å². The van der Waals surface area contributed by atoms with Crippen LogP contribution in [0.1, 0.15) is 32.6 Å². The summed E-state index contributed by atoms with van der Waals surface area (Å²) >= 11 is 0. The monoisotopic (exact) mass is 603 g/mol. The number of para-hydroxylation sites is 2. The normalized spacial score (nSPS) is 12.8. The number of hydrogen-bond acceptors (Lipinski definition) is 3. The minimum absolute atomic E-state index is 0.0355. The number of H-pyrrole nitrogens is 1. The molecule has 0 saturated heterocycles. The minimum Gasteiger partial charge on any atom is -0.496 e. The number of nitrogens with zero attached hydrogens (tertiary/aromatic N) is 1. The van der Waals surface area contributed by atoms with Crippen LogP contribution < -0.4 is 10.1 Å². The number of amides is 2. The molecule has 226 valence electrons. The number of alkyl halides is 6. The number of rotatable bonds is 9. The van der Waals surface area contributed by atoms with E-state index in [4.69, 9.17) is 4.74 Å². The van der Waals surface area contributed by atoms with E-state index in [-0.39, 0.29) is 19.0 Å². The predicted octanol–water partition coefficient (Wildman–Crippen LogP) is 6.77. The number of aromatic amines is 1. The fraction of sp³-hybridized carbons (Fsp3) is 0.226. The molecule has 0 aliphatic rings. The molecule has 0 aliphatic heterocycles. The Morgan fingerprint density at radius 3 is 2.21 bits per heavy atom. The lowest BCUT2D eigenvalue weighted by molar-refractivity contribution is -0.143. The fourth-order valence-corrected chi connectivity index (χ4v) is 4.58. The predicted molar refractivity (Wildman–Crippen MR) is 148 cm³/mol. The van der Waals surface area contributed by atoms with Crippen molar-refractivity contribution >= 4 is 22.7 Å². The van der Waals surface area contributed by atoms with Gasteiger partial charge in [-0.15, -0.1) is 0 Å². The van der Waals surface area contributed by atoms with Gasteiger partial charge in [-0.05, 0) is 42.3 Å². The average Bonchev–Trinajstić information content (AvgIpc) is 3.39. The molecule has 4 aromatic rings. The molecule has 0 bridgehead atoms. The molecule has 12 heteroatoms. The van der Waals surface area contributed by atoms with Crippen molar-refractivity contribution in [2.45, 2.75) is 31.4 Å². The summed E-state index contributed by atoms with van der Waals surface area (Å²) in [6.45, 7) is 0.125. The number of aromatic nitrogens is 1. The molecule has 4 rings (SSSR count). The molecule has 1 atom stereocenters. The molecule has 0 saturated carbocycles. The number of nitrogens with one attached hydrogen (secondary N) is 2. The summed E-state index contributed by atoms with van der Waals surface area (Å²) in [5.41, 5.74) is -1.77. The Morgan fingerprint density at radius 1 is 0.930 bits per heavy atom. The lowest BCUT2D eigenvalue weighted by Gasteiger charge is -2.27. The third-order valence-corrected chi connectivity index (χ3v) is 6.87. The Balaban J connectivity index is 1.64. The molecule has 6 nitrogen and oxygen atoms in total. The first-order chi connectivity index (χ1) is 20.3. The summed E-state index contributed by atoms with van der Waals surface area (Å²) < 4.78 is 86.0. The molecule has 0 fully saturated rings. The van der Waals surface area contributed by atoms with Crippen LogP contribution in [0.15, 0.2) is 85.1 Å². The van der Waals surface area contributed by atoms with Gasteiger partial charge in [-0.2, -0.15) is 26.3 Å². The van der Waals surface area contributed by atoms with Gasteiger partial charge < -0.3 is 19.9 Å². The van der Waals surface area contributed by atoms with Crippen molar-refractivity contribution in [1.82, 2.24) is 15.2 Å². The lowest BCUT2D eigenvalue weighted by atomic mass is 10.0. The second-order valence-electron chi connectivity index (χ2n) is 9.73. The van der Waals surface area contributed by atoms with E-state index in [1.165, 1.54) is 26.3 Å². The number of methoxy groups -OCH3 is 1. The number of fused-ring (bicyclic) bond motifs is 1. The first-order valence-corrected chi connectivity index (χ1v) is 13.0. The van der Waals surface area contributed by atoms with E-state index in [1.54, 1.807) is 36.5 Å². The Morgan fingerprint density at radius 2 is 1.56 bits per heavy atom. The van der Waals surface area contributed by atoms with Crippen LogP contribution in [-0.4, -0.2) is 41.9 Å². The molecule has 1 heterocycles. The maximum atomic E-state index is 13.5. The zero-order valence-corrected chi connectivity index (χ0v) is 23.0. The van der Waals surface area contributed by atoms with Gasteiger partial charge in [0.15, 0.2) is 0 Å². The highest BCUT2D eigenvalue weighted by Crippen LogP contribution is 2.36. The highest BCUT2D eigenvalue weighted by atomic mass is 19.4. The van der Waals surface area contributed by atoms with Crippen LogP contribution in [-0.2, 0) is 30.1 Å². The topological polar surface area (TPSA) is 74.4 Å². The molecule has 0 spiro atoms. The molecule has 2 N–H and O–H groups in total. The molecular formula is C31H27F6N3O3. The Hall–Kier alpha value is -4.74. The maximum Gasteiger partial charge on any atom is 0.416 e. The summed E-state index contributed by atoms with van der Waals surface area (Å²) in [5, 5.41) is 3.51. The lowest BCUT2D eigenvalue weighted by Crippen LogP contribution is -2.38. The van der Waals surface area contributed by atoms with Crippen LogP contribution in [0.25, 0.3) is 10.9 Å². The number of halogens is 6. The second kappa shape index (κ2) is 12.6. The Kier molecular flexibility index (Phi) is 9.17. The molecule has 1 unspecified atom stereocenters. The number of hydrogen-bond donors (Lipinski definition) is 2. The largest absolute Gasteiger partial charge is 0.496 e. The number of carbonyl (C=O) groups is 2. The van der Waals surface area contributed by atoms with Crippen molar-refractivity contribution in [1.29, 1.82) is 0 Å². The molecule has 3 aromatic carbocycles. The van der Waals surface area contributed by atoms with Crippen LogP contribution in [0.4, 0.5) is 26.3 Å². The number of carbonyl (C=O) groups excluding carboxylic acids is 2. The minimum atomic E-state index is -5.11. The van der Waals surface area contributed by atoms with E-state index < -0.39 is 46.9 Å². The molecular weight excluding hydrogens is 576 g/mol. The second-order valence-corrected chi connectivity index (χ2v) is 9.73. The van der Waals surface area contributed by atoms with Gasteiger partial charge in [0.1, 0.15) is 5.75 Å². The van der Waals surface area contributed by atoms with Gasteiger partial charge in [0, 0.05) is 47.9 Å². The van der Waals surface area contributed by atoms with Crippen LogP contribution in [0.3, 0.4) is 0 Å². The van der Waals surface area contributed by atoms with Crippen molar-refractivity contribution in [2.24, 2.45) is 0 Å². The van der Waals surface area contributed by atoms with E-state index >= 15 is 0 Å². The van der Waals surface area contributed by atoms with Crippen LogP contribution in [0.2, 0.25) is 0 Å².